The third-order valence-electron chi connectivity index (χ3n) is 7.05. The van der Waals surface area contributed by atoms with E-state index < -0.39 is 0 Å². The second-order valence-corrected chi connectivity index (χ2v) is 9.96. The van der Waals surface area contributed by atoms with Gasteiger partial charge in [0.25, 0.3) is 5.91 Å². The molecule has 0 aromatic heterocycles. The first kappa shape index (κ1) is 28.3. The number of rotatable bonds is 11. The second kappa shape index (κ2) is 13.3. The van der Waals surface area contributed by atoms with E-state index >= 15 is 0 Å². The number of phenols is 1. The van der Waals surface area contributed by atoms with Crippen LogP contribution in [-0.4, -0.2) is 80.7 Å². The van der Waals surface area contributed by atoms with E-state index in [4.69, 9.17) is 9.47 Å². The Kier molecular flexibility index (Phi) is 10.2. The second-order valence-electron chi connectivity index (χ2n) is 9.96. The molecule has 2 aromatic rings. The van der Waals surface area contributed by atoms with Crippen molar-refractivity contribution in [1.29, 1.82) is 0 Å². The van der Waals surface area contributed by atoms with Crippen molar-refractivity contribution in [2.24, 2.45) is 0 Å². The summed E-state index contributed by atoms with van der Waals surface area (Å²) in [5.41, 5.74) is 2.10. The molecule has 1 saturated heterocycles. The van der Waals surface area contributed by atoms with E-state index in [1.165, 1.54) is 19.2 Å². The van der Waals surface area contributed by atoms with E-state index in [1.54, 1.807) is 18.0 Å². The number of hydrogen-bond acceptors (Lipinski definition) is 6. The Morgan fingerprint density at radius 3 is 2.41 bits per heavy atom. The standard InChI is InChI=1S/C29H41N3O5/c1-21-10-12-24(31(4)29(35)22-11-13-25(33)27(20-22)36-5)26(19-21)37-18-8-6-7-9-28(34)32-16-14-23(15-17-32)30(2)3/h10-13,19-20,23,33H,6-9,14-18H2,1-5H3. The Bertz CT molecular complexity index is 1060. The topological polar surface area (TPSA) is 82.5 Å². The third-order valence-corrected chi connectivity index (χ3v) is 7.05. The number of likely N-dealkylation sites (tertiary alicyclic amines) is 1. The van der Waals surface area contributed by atoms with Gasteiger partial charge in [-0.2, -0.15) is 0 Å². The molecule has 0 atom stereocenters. The summed E-state index contributed by atoms with van der Waals surface area (Å²) in [5.74, 6) is 0.888. The molecule has 8 heteroatoms. The largest absolute Gasteiger partial charge is 0.504 e. The first-order chi connectivity index (χ1) is 17.7. The lowest BCUT2D eigenvalue weighted by molar-refractivity contribution is -0.132. The summed E-state index contributed by atoms with van der Waals surface area (Å²) in [6.45, 7) is 4.19. The first-order valence-corrected chi connectivity index (χ1v) is 13.0. The van der Waals surface area contributed by atoms with Gasteiger partial charge in [-0.05, 0) is 89.0 Å². The van der Waals surface area contributed by atoms with Crippen LogP contribution in [0.25, 0.3) is 0 Å². The molecular weight excluding hydrogens is 470 g/mol. The maximum atomic E-state index is 13.1. The Morgan fingerprint density at radius 1 is 1.00 bits per heavy atom. The van der Waals surface area contributed by atoms with Crippen LogP contribution in [0.5, 0.6) is 17.2 Å². The average molecular weight is 512 g/mol. The minimum Gasteiger partial charge on any atom is -0.504 e. The van der Waals surface area contributed by atoms with E-state index in [-0.39, 0.29) is 23.3 Å². The normalized spacial score (nSPS) is 14.1. The van der Waals surface area contributed by atoms with Gasteiger partial charge >= 0.3 is 0 Å². The maximum Gasteiger partial charge on any atom is 0.258 e. The van der Waals surface area contributed by atoms with Crippen LogP contribution in [0.3, 0.4) is 0 Å². The van der Waals surface area contributed by atoms with Gasteiger partial charge in [0, 0.05) is 38.2 Å². The summed E-state index contributed by atoms with van der Waals surface area (Å²) in [5, 5.41) is 9.84. The molecule has 202 valence electrons. The van der Waals surface area contributed by atoms with Crippen molar-refractivity contribution < 1.29 is 24.2 Å². The number of amides is 2. The van der Waals surface area contributed by atoms with Crippen molar-refractivity contribution in [3.05, 3.63) is 47.5 Å². The number of hydrogen-bond donors (Lipinski definition) is 1. The van der Waals surface area contributed by atoms with Crippen LogP contribution in [0, 0.1) is 6.92 Å². The number of nitrogens with zero attached hydrogens (tertiary/aromatic N) is 3. The molecule has 0 spiro atoms. The maximum absolute atomic E-state index is 13.1. The predicted molar refractivity (Wildman–Crippen MR) is 146 cm³/mol. The van der Waals surface area contributed by atoms with Crippen molar-refractivity contribution in [2.45, 2.75) is 51.5 Å². The number of aromatic hydroxyl groups is 1. The molecule has 8 nitrogen and oxygen atoms in total. The molecule has 0 radical (unpaired) electrons. The number of methoxy groups -OCH3 is 1. The van der Waals surface area contributed by atoms with Crippen LogP contribution in [0.2, 0.25) is 0 Å². The Labute approximate surface area is 220 Å². The number of benzene rings is 2. The molecule has 3 rings (SSSR count). The zero-order chi connectivity index (χ0) is 26.9. The number of unbranched alkanes of at least 4 members (excludes halogenated alkanes) is 2. The lowest BCUT2D eigenvalue weighted by Crippen LogP contribution is -2.44. The SMILES string of the molecule is COc1cc(C(=O)N(C)c2ccc(C)cc2OCCCCCC(=O)N2CCC(N(C)C)CC2)ccc1O. The molecule has 1 heterocycles. The molecule has 0 aliphatic carbocycles. The molecule has 37 heavy (non-hydrogen) atoms. The summed E-state index contributed by atoms with van der Waals surface area (Å²) in [7, 11) is 7.36. The van der Waals surface area contributed by atoms with E-state index in [2.05, 4.69) is 19.0 Å². The van der Waals surface area contributed by atoms with Crippen LogP contribution < -0.4 is 14.4 Å². The van der Waals surface area contributed by atoms with Crippen LogP contribution in [-0.2, 0) is 4.79 Å². The fourth-order valence-corrected chi connectivity index (χ4v) is 4.65. The fraction of sp³-hybridized carbons (Fsp3) is 0.517. The molecule has 1 N–H and O–H groups in total. The van der Waals surface area contributed by atoms with Gasteiger partial charge in [-0.15, -0.1) is 0 Å². The predicted octanol–water partition coefficient (Wildman–Crippen LogP) is 4.48. The molecule has 1 aliphatic heterocycles. The zero-order valence-electron chi connectivity index (χ0n) is 22.8. The number of carbonyl (C=O) groups is 2. The van der Waals surface area contributed by atoms with Crippen LogP contribution in [0.1, 0.15) is 54.4 Å². The lowest BCUT2D eigenvalue weighted by Gasteiger charge is -2.35. The van der Waals surface area contributed by atoms with Crippen molar-refractivity contribution in [3.8, 4) is 17.2 Å². The van der Waals surface area contributed by atoms with Crippen molar-refractivity contribution in [1.82, 2.24) is 9.80 Å². The van der Waals surface area contributed by atoms with Gasteiger partial charge in [-0.25, -0.2) is 0 Å². The minimum atomic E-state index is -0.236. The molecule has 2 amide bonds. The molecule has 0 unspecified atom stereocenters. The highest BCUT2D eigenvalue weighted by atomic mass is 16.5. The van der Waals surface area contributed by atoms with Crippen LogP contribution in [0.4, 0.5) is 5.69 Å². The number of aryl methyl sites for hydroxylation is 1. The van der Waals surface area contributed by atoms with E-state index in [1.807, 2.05) is 30.0 Å². The van der Waals surface area contributed by atoms with Crippen molar-refractivity contribution in [2.75, 3.05) is 52.8 Å². The molecular formula is C29H41N3O5. The fourth-order valence-electron chi connectivity index (χ4n) is 4.65. The number of carbonyl (C=O) groups excluding carboxylic acids is 2. The minimum absolute atomic E-state index is 0.0170. The smallest absolute Gasteiger partial charge is 0.258 e. The quantitative estimate of drug-likeness (QED) is 0.448. The van der Waals surface area contributed by atoms with Gasteiger partial charge in [-0.1, -0.05) is 6.07 Å². The molecule has 0 bridgehead atoms. The van der Waals surface area contributed by atoms with Gasteiger partial charge in [0.05, 0.1) is 19.4 Å². The monoisotopic (exact) mass is 511 g/mol. The van der Waals surface area contributed by atoms with Crippen LogP contribution >= 0.6 is 0 Å². The van der Waals surface area contributed by atoms with Crippen molar-refractivity contribution in [3.63, 3.8) is 0 Å². The summed E-state index contributed by atoms with van der Waals surface area (Å²) in [6.07, 6.45) is 5.25. The molecule has 2 aromatic carbocycles. The van der Waals surface area contributed by atoms with E-state index in [9.17, 15) is 14.7 Å². The highest BCUT2D eigenvalue weighted by molar-refractivity contribution is 6.06. The summed E-state index contributed by atoms with van der Waals surface area (Å²) in [6, 6.07) is 10.9. The average Bonchev–Trinajstić information content (AvgIpc) is 2.90. The Morgan fingerprint density at radius 2 is 1.73 bits per heavy atom. The van der Waals surface area contributed by atoms with Gasteiger partial charge < -0.3 is 29.3 Å². The third kappa shape index (κ3) is 7.61. The van der Waals surface area contributed by atoms with Crippen molar-refractivity contribution >= 4 is 17.5 Å². The highest BCUT2D eigenvalue weighted by Crippen LogP contribution is 2.32. The Balaban J connectivity index is 1.48. The van der Waals surface area contributed by atoms with E-state index in [0.717, 1.165) is 50.8 Å². The number of anilines is 1. The Hall–Kier alpha value is -3.26. The lowest BCUT2D eigenvalue weighted by atomic mass is 10.0. The zero-order valence-corrected chi connectivity index (χ0v) is 22.8. The highest BCUT2D eigenvalue weighted by Gasteiger charge is 2.23. The number of ether oxygens (including phenoxy) is 2. The van der Waals surface area contributed by atoms with Gasteiger partial charge in [0.2, 0.25) is 5.91 Å². The van der Waals surface area contributed by atoms with Gasteiger partial charge in [0.15, 0.2) is 11.5 Å². The summed E-state index contributed by atoms with van der Waals surface area (Å²) in [4.78, 5) is 31.5. The number of phenolic OH excluding ortho intramolecular Hbond substituents is 1. The van der Waals surface area contributed by atoms with E-state index in [0.29, 0.717) is 36.1 Å². The number of piperidine rings is 1. The van der Waals surface area contributed by atoms with Gasteiger partial charge in [-0.3, -0.25) is 9.59 Å². The van der Waals surface area contributed by atoms with Gasteiger partial charge in [0.1, 0.15) is 5.75 Å². The molecule has 1 fully saturated rings. The summed E-state index contributed by atoms with van der Waals surface area (Å²) < 4.78 is 11.2. The molecule has 1 aliphatic rings. The first-order valence-electron chi connectivity index (χ1n) is 13.0. The summed E-state index contributed by atoms with van der Waals surface area (Å²) >= 11 is 0. The molecule has 0 saturated carbocycles. The van der Waals surface area contributed by atoms with Crippen LogP contribution in [0.15, 0.2) is 36.4 Å².